The van der Waals surface area contributed by atoms with Crippen molar-refractivity contribution in [2.24, 2.45) is 0 Å². The maximum absolute atomic E-state index is 13.0. The molecule has 0 fully saturated rings. The normalized spacial score (nSPS) is 11.1. The molecule has 0 amide bonds. The summed E-state index contributed by atoms with van der Waals surface area (Å²) in [5, 5.41) is 0.392. The van der Waals surface area contributed by atoms with Gasteiger partial charge in [-0.3, -0.25) is 4.31 Å². The van der Waals surface area contributed by atoms with Crippen LogP contribution in [0.1, 0.15) is 0 Å². The third-order valence-corrected chi connectivity index (χ3v) is 5.61. The highest BCUT2D eigenvalue weighted by Gasteiger charge is 2.27. The lowest BCUT2D eigenvalue weighted by Crippen LogP contribution is -2.31. The van der Waals surface area contributed by atoms with Gasteiger partial charge in [-0.15, -0.1) is 6.58 Å². The average molecular weight is 372 g/mol. The zero-order valence-corrected chi connectivity index (χ0v) is 14.7. The summed E-state index contributed by atoms with van der Waals surface area (Å²) in [6.45, 7) is 3.70. The highest BCUT2D eigenvalue weighted by molar-refractivity contribution is 7.93. The SMILES string of the molecule is C=CCN(c1cccc(OC)c1)S(=O)(=O)c1cc(Cl)ccc1Cl. The second-order valence-corrected chi connectivity index (χ2v) is 7.28. The molecule has 0 unspecified atom stereocenters. The van der Waals surface area contributed by atoms with Crippen molar-refractivity contribution in [1.82, 2.24) is 0 Å². The van der Waals surface area contributed by atoms with E-state index in [0.717, 1.165) is 0 Å². The highest BCUT2D eigenvalue weighted by atomic mass is 35.5. The molecular weight excluding hydrogens is 357 g/mol. The van der Waals surface area contributed by atoms with Crippen molar-refractivity contribution < 1.29 is 13.2 Å². The van der Waals surface area contributed by atoms with Gasteiger partial charge in [0.2, 0.25) is 0 Å². The summed E-state index contributed by atoms with van der Waals surface area (Å²) in [6.07, 6.45) is 1.50. The number of hydrogen-bond donors (Lipinski definition) is 0. The number of benzene rings is 2. The van der Waals surface area contributed by atoms with Crippen LogP contribution in [0.3, 0.4) is 0 Å². The van der Waals surface area contributed by atoms with E-state index in [1.54, 1.807) is 24.3 Å². The third-order valence-electron chi connectivity index (χ3n) is 3.10. The quantitative estimate of drug-likeness (QED) is 0.707. The Labute approximate surface area is 145 Å². The first-order valence-corrected chi connectivity index (χ1v) is 8.82. The van der Waals surface area contributed by atoms with Crippen molar-refractivity contribution >= 4 is 38.9 Å². The lowest BCUT2D eigenvalue weighted by Gasteiger charge is -2.24. The van der Waals surface area contributed by atoms with E-state index in [9.17, 15) is 8.42 Å². The Morgan fingerprint density at radius 2 is 1.96 bits per heavy atom. The Bertz CT molecular complexity index is 822. The summed E-state index contributed by atoms with van der Waals surface area (Å²) in [5.41, 5.74) is 0.445. The van der Waals surface area contributed by atoms with Crippen molar-refractivity contribution in [2.75, 3.05) is 18.0 Å². The van der Waals surface area contributed by atoms with Crippen molar-refractivity contribution in [3.8, 4) is 5.75 Å². The van der Waals surface area contributed by atoms with E-state index in [1.807, 2.05) is 0 Å². The monoisotopic (exact) mass is 371 g/mol. The van der Waals surface area contributed by atoms with Crippen LogP contribution in [0.15, 0.2) is 60.0 Å². The largest absolute Gasteiger partial charge is 0.497 e. The van der Waals surface area contributed by atoms with Crippen molar-refractivity contribution in [1.29, 1.82) is 0 Å². The predicted octanol–water partition coefficient (Wildman–Crippen LogP) is 4.38. The minimum absolute atomic E-state index is 0.0589. The van der Waals surface area contributed by atoms with Gasteiger partial charge in [-0.25, -0.2) is 8.42 Å². The Kier molecular flexibility index (Phi) is 5.57. The van der Waals surface area contributed by atoms with Gasteiger partial charge in [0.1, 0.15) is 10.6 Å². The molecule has 2 aromatic carbocycles. The van der Waals surface area contributed by atoms with Crippen LogP contribution in [0.5, 0.6) is 5.75 Å². The minimum Gasteiger partial charge on any atom is -0.497 e. The van der Waals surface area contributed by atoms with Gasteiger partial charge in [-0.05, 0) is 30.3 Å². The lowest BCUT2D eigenvalue weighted by molar-refractivity contribution is 0.415. The Hall–Kier alpha value is -1.69. The standard InChI is InChI=1S/C16H15Cl2NO3S/c1-3-9-19(13-5-4-6-14(11-13)22-2)23(20,21)16-10-12(17)7-8-15(16)18/h3-8,10-11H,1,9H2,2H3. The van der Waals surface area contributed by atoms with E-state index < -0.39 is 10.0 Å². The van der Waals surface area contributed by atoms with Gasteiger partial charge in [0.05, 0.1) is 24.4 Å². The molecule has 0 aliphatic carbocycles. The molecule has 23 heavy (non-hydrogen) atoms. The highest BCUT2D eigenvalue weighted by Crippen LogP contribution is 2.31. The molecule has 0 N–H and O–H groups in total. The summed E-state index contributed by atoms with van der Waals surface area (Å²) in [7, 11) is -2.39. The number of nitrogens with zero attached hydrogens (tertiary/aromatic N) is 1. The van der Waals surface area contributed by atoms with Crippen LogP contribution in [-0.4, -0.2) is 22.1 Å². The van der Waals surface area contributed by atoms with Gasteiger partial charge in [-0.1, -0.05) is 35.3 Å². The molecule has 0 aliphatic heterocycles. The van der Waals surface area contributed by atoms with Gasteiger partial charge in [-0.2, -0.15) is 0 Å². The Morgan fingerprint density at radius 1 is 1.22 bits per heavy atom. The van der Waals surface area contributed by atoms with Crippen LogP contribution in [0.2, 0.25) is 10.0 Å². The fourth-order valence-electron chi connectivity index (χ4n) is 2.02. The fraction of sp³-hybridized carbons (Fsp3) is 0.125. The molecule has 0 bridgehead atoms. The first-order valence-electron chi connectivity index (χ1n) is 6.63. The lowest BCUT2D eigenvalue weighted by atomic mass is 10.3. The molecule has 4 nitrogen and oxygen atoms in total. The third kappa shape index (κ3) is 3.80. The first kappa shape index (κ1) is 17.7. The van der Waals surface area contributed by atoms with Crippen LogP contribution in [0, 0.1) is 0 Å². The second kappa shape index (κ2) is 7.25. The number of ether oxygens (including phenoxy) is 1. The molecular formula is C16H15Cl2NO3S. The molecule has 0 saturated carbocycles. The van der Waals surface area contributed by atoms with Gasteiger partial charge >= 0.3 is 0 Å². The van der Waals surface area contributed by atoms with E-state index in [2.05, 4.69) is 6.58 Å². The van der Waals surface area contributed by atoms with Gasteiger partial charge in [0.15, 0.2) is 0 Å². The number of methoxy groups -OCH3 is 1. The molecule has 2 rings (SSSR count). The number of anilines is 1. The van der Waals surface area contributed by atoms with E-state index in [4.69, 9.17) is 27.9 Å². The Morgan fingerprint density at radius 3 is 2.61 bits per heavy atom. The molecule has 0 atom stereocenters. The predicted molar refractivity (Wildman–Crippen MR) is 94.2 cm³/mol. The van der Waals surface area contributed by atoms with Crippen molar-refractivity contribution in [2.45, 2.75) is 4.90 Å². The Balaban J connectivity index is 2.59. The zero-order chi connectivity index (χ0) is 17.0. The van der Waals surface area contributed by atoms with E-state index in [-0.39, 0.29) is 21.5 Å². The summed E-state index contributed by atoms with van der Waals surface area (Å²) < 4.78 is 32.3. The van der Waals surface area contributed by atoms with E-state index >= 15 is 0 Å². The molecule has 0 aromatic heterocycles. The summed E-state index contributed by atoms with van der Waals surface area (Å²) in [6, 6.07) is 11.0. The van der Waals surface area contributed by atoms with Gasteiger partial charge in [0, 0.05) is 11.1 Å². The second-order valence-electron chi connectivity index (χ2n) is 4.60. The molecule has 7 heteroatoms. The molecule has 0 saturated heterocycles. The van der Waals surface area contributed by atoms with E-state index in [1.165, 1.54) is 35.7 Å². The van der Waals surface area contributed by atoms with E-state index in [0.29, 0.717) is 11.4 Å². The van der Waals surface area contributed by atoms with Crippen molar-refractivity contribution in [3.05, 3.63) is 65.2 Å². The van der Waals surface area contributed by atoms with Crippen molar-refractivity contribution in [3.63, 3.8) is 0 Å². The molecule has 0 aliphatic rings. The molecule has 122 valence electrons. The van der Waals surface area contributed by atoms with Gasteiger partial charge in [0.25, 0.3) is 10.0 Å². The summed E-state index contributed by atoms with van der Waals surface area (Å²) >= 11 is 12.0. The zero-order valence-electron chi connectivity index (χ0n) is 12.4. The smallest absolute Gasteiger partial charge is 0.266 e. The van der Waals surface area contributed by atoms with Crippen LogP contribution in [0.4, 0.5) is 5.69 Å². The molecule has 0 radical (unpaired) electrons. The number of rotatable bonds is 6. The maximum Gasteiger partial charge on any atom is 0.266 e. The maximum atomic E-state index is 13.0. The molecule has 2 aromatic rings. The van der Waals surface area contributed by atoms with Crippen LogP contribution in [0.25, 0.3) is 0 Å². The topological polar surface area (TPSA) is 46.6 Å². The van der Waals surface area contributed by atoms with Gasteiger partial charge < -0.3 is 4.74 Å². The summed E-state index contributed by atoms with van der Waals surface area (Å²) in [4.78, 5) is -0.0589. The number of hydrogen-bond acceptors (Lipinski definition) is 3. The number of sulfonamides is 1. The van der Waals surface area contributed by atoms with Crippen LogP contribution in [-0.2, 0) is 10.0 Å². The molecule has 0 spiro atoms. The fourth-order valence-corrected chi connectivity index (χ4v) is 4.19. The average Bonchev–Trinajstić information content (AvgIpc) is 2.54. The summed E-state index contributed by atoms with van der Waals surface area (Å²) in [5.74, 6) is 0.545. The number of halogens is 2. The molecule has 0 heterocycles. The van der Waals surface area contributed by atoms with Crippen LogP contribution >= 0.6 is 23.2 Å². The first-order chi connectivity index (χ1) is 10.9. The van der Waals surface area contributed by atoms with Crippen LogP contribution < -0.4 is 9.04 Å². The minimum atomic E-state index is -3.90.